The highest BCUT2D eigenvalue weighted by Gasteiger charge is 2.23. The fourth-order valence-electron chi connectivity index (χ4n) is 3.31. The minimum Gasteiger partial charge on any atom is -0.370 e. The number of amides is 2. The third-order valence-corrected chi connectivity index (χ3v) is 4.99. The molecule has 1 N–H and O–H groups in total. The molecule has 6 nitrogen and oxygen atoms in total. The van der Waals surface area contributed by atoms with E-state index in [1.807, 2.05) is 49.4 Å². The first-order chi connectivity index (χ1) is 14.1. The van der Waals surface area contributed by atoms with Crippen LogP contribution in [0.15, 0.2) is 59.7 Å². The first-order valence-electron chi connectivity index (χ1n) is 10.1. The van der Waals surface area contributed by atoms with Gasteiger partial charge in [-0.25, -0.2) is 5.01 Å². The SMILES string of the molecule is CCN(CCNC(=O)CN1N=C(c2ccc(C)cc2)CCC1=O)c1ccccc1. The summed E-state index contributed by atoms with van der Waals surface area (Å²) in [5.74, 6) is -0.313. The number of carbonyl (C=O) groups is 2. The average Bonchev–Trinajstić information content (AvgIpc) is 2.74. The summed E-state index contributed by atoms with van der Waals surface area (Å²) in [5.41, 5.74) is 4.14. The molecule has 2 aromatic rings. The van der Waals surface area contributed by atoms with Crippen LogP contribution in [-0.2, 0) is 9.59 Å². The van der Waals surface area contributed by atoms with Crippen LogP contribution in [0.1, 0.15) is 30.9 Å². The number of hydrogen-bond donors (Lipinski definition) is 1. The van der Waals surface area contributed by atoms with E-state index in [1.54, 1.807) is 0 Å². The van der Waals surface area contributed by atoms with E-state index < -0.39 is 0 Å². The third kappa shape index (κ3) is 5.67. The molecule has 3 rings (SSSR count). The Morgan fingerprint density at radius 2 is 1.83 bits per heavy atom. The Morgan fingerprint density at radius 3 is 2.52 bits per heavy atom. The molecule has 6 heteroatoms. The van der Waals surface area contributed by atoms with Crippen LogP contribution in [0.2, 0.25) is 0 Å². The summed E-state index contributed by atoms with van der Waals surface area (Å²) in [6.07, 6.45) is 0.972. The molecular weight excluding hydrogens is 364 g/mol. The van der Waals surface area contributed by atoms with Crippen molar-refractivity contribution in [2.24, 2.45) is 5.10 Å². The van der Waals surface area contributed by atoms with Gasteiger partial charge in [-0.15, -0.1) is 0 Å². The molecule has 0 radical (unpaired) electrons. The van der Waals surface area contributed by atoms with Gasteiger partial charge in [-0.2, -0.15) is 5.10 Å². The molecular formula is C23H28N4O2. The monoisotopic (exact) mass is 392 g/mol. The molecule has 0 unspecified atom stereocenters. The van der Waals surface area contributed by atoms with Gasteiger partial charge in [-0.1, -0.05) is 48.0 Å². The normalized spacial score (nSPS) is 13.8. The average molecular weight is 393 g/mol. The van der Waals surface area contributed by atoms with Crippen LogP contribution in [0.5, 0.6) is 0 Å². The van der Waals surface area contributed by atoms with Gasteiger partial charge in [0, 0.05) is 38.2 Å². The molecule has 1 heterocycles. The predicted molar refractivity (Wildman–Crippen MR) is 116 cm³/mol. The topological polar surface area (TPSA) is 65.0 Å². The van der Waals surface area contributed by atoms with Crippen molar-refractivity contribution in [2.75, 3.05) is 31.1 Å². The number of nitrogens with zero attached hydrogens (tertiary/aromatic N) is 3. The van der Waals surface area contributed by atoms with E-state index in [-0.39, 0.29) is 18.4 Å². The van der Waals surface area contributed by atoms with Gasteiger partial charge in [0.15, 0.2) is 0 Å². The second-order valence-electron chi connectivity index (χ2n) is 7.13. The summed E-state index contributed by atoms with van der Waals surface area (Å²) < 4.78 is 0. The number of aryl methyl sites for hydroxylation is 1. The van der Waals surface area contributed by atoms with E-state index in [0.717, 1.165) is 23.5 Å². The van der Waals surface area contributed by atoms with Gasteiger partial charge < -0.3 is 10.2 Å². The Balaban J connectivity index is 1.54. The molecule has 0 spiro atoms. The lowest BCUT2D eigenvalue weighted by Gasteiger charge is -2.25. The molecule has 1 aliphatic rings. The third-order valence-electron chi connectivity index (χ3n) is 4.99. The number of rotatable bonds is 8. The zero-order valence-corrected chi connectivity index (χ0v) is 17.1. The van der Waals surface area contributed by atoms with Crippen molar-refractivity contribution in [3.05, 3.63) is 65.7 Å². The summed E-state index contributed by atoms with van der Waals surface area (Å²) >= 11 is 0. The molecule has 2 amide bonds. The van der Waals surface area contributed by atoms with Crippen molar-refractivity contribution in [3.8, 4) is 0 Å². The second-order valence-corrected chi connectivity index (χ2v) is 7.13. The van der Waals surface area contributed by atoms with E-state index >= 15 is 0 Å². The van der Waals surface area contributed by atoms with Crippen molar-refractivity contribution in [3.63, 3.8) is 0 Å². The summed E-state index contributed by atoms with van der Waals surface area (Å²) in [6.45, 7) is 6.14. The Hall–Kier alpha value is -3.15. The maximum atomic E-state index is 12.4. The van der Waals surface area contributed by atoms with E-state index in [0.29, 0.717) is 25.9 Å². The first-order valence-corrected chi connectivity index (χ1v) is 10.1. The van der Waals surface area contributed by atoms with Crippen LogP contribution >= 0.6 is 0 Å². The molecule has 0 aromatic heterocycles. The summed E-state index contributed by atoms with van der Waals surface area (Å²) in [7, 11) is 0. The largest absolute Gasteiger partial charge is 0.370 e. The number of carbonyl (C=O) groups excluding carboxylic acids is 2. The molecule has 2 aromatic carbocycles. The zero-order chi connectivity index (χ0) is 20.6. The number of para-hydroxylation sites is 1. The van der Waals surface area contributed by atoms with Crippen LogP contribution in [0.3, 0.4) is 0 Å². The van der Waals surface area contributed by atoms with Gasteiger partial charge in [0.2, 0.25) is 11.8 Å². The van der Waals surface area contributed by atoms with Gasteiger partial charge in [0.05, 0.1) is 5.71 Å². The highest BCUT2D eigenvalue weighted by atomic mass is 16.2. The maximum Gasteiger partial charge on any atom is 0.243 e. The maximum absolute atomic E-state index is 12.4. The predicted octanol–water partition coefficient (Wildman–Crippen LogP) is 2.96. The molecule has 152 valence electrons. The summed E-state index contributed by atoms with van der Waals surface area (Å²) in [5, 5.41) is 8.64. The number of hydrazone groups is 1. The molecule has 29 heavy (non-hydrogen) atoms. The fourth-order valence-corrected chi connectivity index (χ4v) is 3.31. The summed E-state index contributed by atoms with van der Waals surface area (Å²) in [6, 6.07) is 18.2. The van der Waals surface area contributed by atoms with Crippen molar-refractivity contribution >= 4 is 23.2 Å². The second kappa shape index (κ2) is 9.87. The number of nitrogens with one attached hydrogen (secondary N) is 1. The Labute approximate surface area is 172 Å². The Bertz CT molecular complexity index is 862. The van der Waals surface area contributed by atoms with E-state index in [4.69, 9.17) is 0 Å². The van der Waals surface area contributed by atoms with Gasteiger partial charge in [-0.05, 0) is 31.5 Å². The molecule has 0 saturated carbocycles. The molecule has 0 saturated heterocycles. The highest BCUT2D eigenvalue weighted by molar-refractivity contribution is 6.04. The number of hydrogen-bond acceptors (Lipinski definition) is 4. The Morgan fingerprint density at radius 1 is 1.10 bits per heavy atom. The van der Waals surface area contributed by atoms with Crippen LogP contribution in [0, 0.1) is 6.92 Å². The first kappa shape index (κ1) is 20.6. The number of benzene rings is 2. The van der Waals surface area contributed by atoms with Gasteiger partial charge in [-0.3, -0.25) is 9.59 Å². The Kier molecular flexibility index (Phi) is 7.00. The quantitative estimate of drug-likeness (QED) is 0.751. The van der Waals surface area contributed by atoms with Crippen molar-refractivity contribution in [1.82, 2.24) is 10.3 Å². The molecule has 1 aliphatic heterocycles. The van der Waals surface area contributed by atoms with Crippen molar-refractivity contribution in [1.29, 1.82) is 0 Å². The number of anilines is 1. The smallest absolute Gasteiger partial charge is 0.243 e. The van der Waals surface area contributed by atoms with Crippen LogP contribution in [-0.4, -0.2) is 48.7 Å². The minimum atomic E-state index is -0.198. The zero-order valence-electron chi connectivity index (χ0n) is 17.1. The van der Waals surface area contributed by atoms with Gasteiger partial charge >= 0.3 is 0 Å². The lowest BCUT2D eigenvalue weighted by atomic mass is 10.0. The van der Waals surface area contributed by atoms with Crippen molar-refractivity contribution < 1.29 is 9.59 Å². The van der Waals surface area contributed by atoms with Gasteiger partial charge in [0.25, 0.3) is 0 Å². The minimum absolute atomic E-state index is 0.0499. The number of likely N-dealkylation sites (N-methyl/N-ethyl adjacent to an activating group) is 1. The van der Waals surface area contributed by atoms with E-state index in [9.17, 15) is 9.59 Å². The lowest BCUT2D eigenvalue weighted by molar-refractivity contribution is -0.136. The van der Waals surface area contributed by atoms with E-state index in [1.165, 1.54) is 10.6 Å². The molecule has 0 aliphatic carbocycles. The molecule has 0 bridgehead atoms. The van der Waals surface area contributed by atoms with Crippen molar-refractivity contribution in [2.45, 2.75) is 26.7 Å². The van der Waals surface area contributed by atoms with Crippen LogP contribution in [0.4, 0.5) is 5.69 Å². The summed E-state index contributed by atoms with van der Waals surface area (Å²) in [4.78, 5) is 26.8. The standard InChI is InChI=1S/C23H28N4O2/c1-3-26(20-7-5-4-6-8-20)16-15-24-22(28)17-27-23(29)14-13-21(25-27)19-11-9-18(2)10-12-19/h4-12H,3,13-17H2,1-2H3,(H,24,28). The molecule has 0 atom stereocenters. The molecule has 0 fully saturated rings. The van der Waals surface area contributed by atoms with Crippen LogP contribution in [0.25, 0.3) is 0 Å². The highest BCUT2D eigenvalue weighted by Crippen LogP contribution is 2.16. The van der Waals surface area contributed by atoms with Gasteiger partial charge in [0.1, 0.15) is 6.54 Å². The van der Waals surface area contributed by atoms with Crippen LogP contribution < -0.4 is 10.2 Å². The lowest BCUT2D eigenvalue weighted by Crippen LogP contribution is -2.42. The van der Waals surface area contributed by atoms with E-state index in [2.05, 4.69) is 34.4 Å². The fraction of sp³-hybridized carbons (Fsp3) is 0.348.